The summed E-state index contributed by atoms with van der Waals surface area (Å²) >= 11 is 4.28. The molecule has 0 aromatic carbocycles. The predicted molar refractivity (Wildman–Crippen MR) is 58.4 cm³/mol. The van der Waals surface area contributed by atoms with Gasteiger partial charge in [-0.15, -0.1) is 0 Å². The first-order valence-electron chi connectivity index (χ1n) is 5.02. The molecule has 78 valence electrons. The number of hydrogen-bond acceptors (Lipinski definition) is 2. The van der Waals surface area contributed by atoms with Gasteiger partial charge in [0.2, 0.25) is 0 Å². The van der Waals surface area contributed by atoms with Crippen LogP contribution in [-0.4, -0.2) is 15.8 Å². The van der Waals surface area contributed by atoms with E-state index in [1.807, 2.05) is 0 Å². The molecule has 0 saturated heterocycles. The molecule has 0 aromatic rings. The van der Waals surface area contributed by atoms with Crippen molar-refractivity contribution in [2.24, 2.45) is 0 Å². The summed E-state index contributed by atoms with van der Waals surface area (Å²) in [6.45, 7) is 4.13. The third-order valence-corrected chi connectivity index (χ3v) is 2.92. The van der Waals surface area contributed by atoms with Crippen LogP contribution in [0, 0.1) is 0 Å². The summed E-state index contributed by atoms with van der Waals surface area (Å²) in [6.07, 6.45) is 5.31. The summed E-state index contributed by atoms with van der Waals surface area (Å²) < 4.78 is -0.786. The predicted octanol–water partition coefficient (Wildman–Crippen LogP) is 3.12. The molecule has 0 bridgehead atoms. The van der Waals surface area contributed by atoms with Gasteiger partial charge in [0, 0.05) is 0 Å². The lowest BCUT2D eigenvalue weighted by Crippen LogP contribution is -2.32. The van der Waals surface area contributed by atoms with Crippen molar-refractivity contribution < 1.29 is 9.90 Å². The zero-order chi connectivity index (χ0) is 10.3. The molecule has 0 amide bonds. The third kappa shape index (κ3) is 4.55. The number of hydrogen-bond donors (Lipinski definition) is 2. The molecule has 0 heterocycles. The maximum atomic E-state index is 11.0. The first kappa shape index (κ1) is 12.8. The number of rotatable bonds is 7. The Morgan fingerprint density at radius 3 is 1.85 bits per heavy atom. The van der Waals surface area contributed by atoms with E-state index in [2.05, 4.69) is 26.5 Å². The van der Waals surface area contributed by atoms with Crippen LogP contribution in [0.2, 0.25) is 0 Å². The maximum absolute atomic E-state index is 11.0. The highest BCUT2D eigenvalue weighted by Gasteiger charge is 2.32. The van der Waals surface area contributed by atoms with Crippen LogP contribution in [0.4, 0.5) is 0 Å². The number of aliphatic carboxylic acids is 1. The molecule has 2 nitrogen and oxygen atoms in total. The standard InChI is InChI=1S/C10H20O2S/c1-3-5-7-10(13,9(11)12)8-6-4-2/h13H,3-8H2,1-2H3,(H,11,12). The molecule has 1 N–H and O–H groups in total. The van der Waals surface area contributed by atoms with Gasteiger partial charge in [-0.3, -0.25) is 4.79 Å². The molecule has 0 unspecified atom stereocenters. The van der Waals surface area contributed by atoms with E-state index < -0.39 is 10.7 Å². The van der Waals surface area contributed by atoms with Crippen LogP contribution in [-0.2, 0) is 4.79 Å². The molecule has 0 aliphatic carbocycles. The fourth-order valence-electron chi connectivity index (χ4n) is 1.28. The largest absolute Gasteiger partial charge is 0.480 e. The molecular weight excluding hydrogens is 184 g/mol. The van der Waals surface area contributed by atoms with E-state index in [4.69, 9.17) is 5.11 Å². The van der Waals surface area contributed by atoms with Gasteiger partial charge in [0.15, 0.2) is 0 Å². The summed E-state index contributed by atoms with van der Waals surface area (Å²) in [5.74, 6) is -0.766. The zero-order valence-electron chi connectivity index (χ0n) is 8.55. The fourth-order valence-corrected chi connectivity index (χ4v) is 1.59. The van der Waals surface area contributed by atoms with Crippen LogP contribution in [0.3, 0.4) is 0 Å². The van der Waals surface area contributed by atoms with E-state index >= 15 is 0 Å². The lowest BCUT2D eigenvalue weighted by molar-refractivity contribution is -0.140. The molecule has 3 heteroatoms. The van der Waals surface area contributed by atoms with Gasteiger partial charge in [0.1, 0.15) is 4.75 Å². The maximum Gasteiger partial charge on any atom is 0.319 e. The van der Waals surface area contributed by atoms with Crippen molar-refractivity contribution >= 4 is 18.6 Å². The normalized spacial score (nSPS) is 11.6. The first-order chi connectivity index (χ1) is 6.06. The van der Waals surface area contributed by atoms with Gasteiger partial charge in [-0.05, 0) is 12.8 Å². The number of carbonyl (C=O) groups is 1. The van der Waals surface area contributed by atoms with E-state index in [1.54, 1.807) is 0 Å². The van der Waals surface area contributed by atoms with Gasteiger partial charge in [0.25, 0.3) is 0 Å². The van der Waals surface area contributed by atoms with Crippen molar-refractivity contribution in [1.82, 2.24) is 0 Å². The second kappa shape index (κ2) is 6.30. The van der Waals surface area contributed by atoms with E-state index in [0.717, 1.165) is 25.7 Å². The Morgan fingerprint density at radius 1 is 1.23 bits per heavy atom. The smallest absolute Gasteiger partial charge is 0.319 e. The van der Waals surface area contributed by atoms with Gasteiger partial charge in [-0.25, -0.2) is 0 Å². The van der Waals surface area contributed by atoms with E-state index in [9.17, 15) is 4.79 Å². The van der Waals surface area contributed by atoms with Gasteiger partial charge < -0.3 is 5.11 Å². The third-order valence-electron chi connectivity index (χ3n) is 2.29. The first-order valence-corrected chi connectivity index (χ1v) is 5.47. The van der Waals surface area contributed by atoms with Crippen molar-refractivity contribution in [2.45, 2.75) is 57.1 Å². The lowest BCUT2D eigenvalue weighted by atomic mass is 9.95. The van der Waals surface area contributed by atoms with Crippen molar-refractivity contribution in [3.05, 3.63) is 0 Å². The molecule has 0 atom stereocenters. The average molecular weight is 204 g/mol. The SMILES string of the molecule is CCCCC(S)(CCCC)C(=O)O. The molecule has 0 spiro atoms. The fraction of sp³-hybridized carbons (Fsp3) is 0.900. The Labute approximate surface area is 86.1 Å². The number of unbranched alkanes of at least 4 members (excludes halogenated alkanes) is 2. The second-order valence-corrected chi connectivity index (χ2v) is 4.40. The van der Waals surface area contributed by atoms with Gasteiger partial charge in [-0.2, -0.15) is 12.6 Å². The molecule has 0 aliphatic heterocycles. The average Bonchev–Trinajstić information content (AvgIpc) is 2.11. The summed E-state index contributed by atoms with van der Waals surface area (Å²) in [7, 11) is 0. The molecule has 0 aromatic heterocycles. The number of thiol groups is 1. The zero-order valence-corrected chi connectivity index (χ0v) is 9.44. The Hall–Kier alpha value is -0.180. The quantitative estimate of drug-likeness (QED) is 0.625. The van der Waals surface area contributed by atoms with E-state index in [1.165, 1.54) is 0 Å². The van der Waals surface area contributed by atoms with E-state index in [-0.39, 0.29) is 0 Å². The summed E-state index contributed by atoms with van der Waals surface area (Å²) in [4.78, 5) is 11.0. The van der Waals surface area contributed by atoms with Gasteiger partial charge >= 0.3 is 5.97 Å². The molecule has 0 radical (unpaired) electrons. The Morgan fingerprint density at radius 2 is 1.62 bits per heavy atom. The molecular formula is C10H20O2S. The minimum Gasteiger partial charge on any atom is -0.480 e. The Balaban J connectivity index is 4.08. The van der Waals surface area contributed by atoms with Crippen molar-refractivity contribution in [3.63, 3.8) is 0 Å². The van der Waals surface area contributed by atoms with Crippen LogP contribution in [0.25, 0.3) is 0 Å². The molecule has 0 rings (SSSR count). The monoisotopic (exact) mass is 204 g/mol. The summed E-state index contributed by atoms with van der Waals surface area (Å²) in [5, 5.41) is 9.01. The van der Waals surface area contributed by atoms with Crippen LogP contribution < -0.4 is 0 Å². The van der Waals surface area contributed by atoms with Gasteiger partial charge in [-0.1, -0.05) is 39.5 Å². The molecule has 0 fully saturated rings. The van der Waals surface area contributed by atoms with E-state index in [0.29, 0.717) is 12.8 Å². The van der Waals surface area contributed by atoms with Crippen LogP contribution in [0.15, 0.2) is 0 Å². The molecule has 0 aliphatic rings. The molecule has 13 heavy (non-hydrogen) atoms. The summed E-state index contributed by atoms with van der Waals surface area (Å²) in [6, 6.07) is 0. The van der Waals surface area contributed by atoms with Crippen molar-refractivity contribution in [1.29, 1.82) is 0 Å². The van der Waals surface area contributed by atoms with Gasteiger partial charge in [0.05, 0.1) is 0 Å². The van der Waals surface area contributed by atoms with Crippen LogP contribution in [0.1, 0.15) is 52.4 Å². The highest BCUT2D eigenvalue weighted by atomic mass is 32.1. The Bertz CT molecular complexity index is 149. The highest BCUT2D eigenvalue weighted by Crippen LogP contribution is 2.28. The highest BCUT2D eigenvalue weighted by molar-refractivity contribution is 7.82. The summed E-state index contributed by atoms with van der Waals surface area (Å²) in [5.41, 5.74) is 0. The minimum atomic E-state index is -0.786. The number of carboxylic acids is 1. The lowest BCUT2D eigenvalue weighted by Gasteiger charge is -2.23. The Kier molecular flexibility index (Phi) is 6.21. The van der Waals surface area contributed by atoms with Crippen LogP contribution in [0.5, 0.6) is 0 Å². The molecule has 0 saturated carbocycles. The number of carboxylic acid groups (broad SMARTS) is 1. The minimum absolute atomic E-state index is 0.682. The second-order valence-electron chi connectivity index (χ2n) is 3.54. The topological polar surface area (TPSA) is 37.3 Å². The van der Waals surface area contributed by atoms with Crippen LogP contribution >= 0.6 is 12.6 Å². The van der Waals surface area contributed by atoms with Crippen molar-refractivity contribution in [3.8, 4) is 0 Å². The van der Waals surface area contributed by atoms with Crippen molar-refractivity contribution in [2.75, 3.05) is 0 Å².